The number of methoxy groups -OCH3 is 2. The summed E-state index contributed by atoms with van der Waals surface area (Å²) in [5, 5.41) is 0.590. The summed E-state index contributed by atoms with van der Waals surface area (Å²) in [6, 6.07) is 15.7. The topological polar surface area (TPSA) is 86.7 Å². The summed E-state index contributed by atoms with van der Waals surface area (Å²) in [5.41, 5.74) is 3.39. The van der Waals surface area contributed by atoms with Crippen LogP contribution in [0.25, 0.3) is 0 Å². The average Bonchev–Trinajstić information content (AvgIpc) is 3.28. The van der Waals surface area contributed by atoms with Gasteiger partial charge >= 0.3 is 11.9 Å². The van der Waals surface area contributed by atoms with E-state index in [0.717, 1.165) is 36.5 Å². The van der Waals surface area contributed by atoms with Crippen LogP contribution in [0.15, 0.2) is 53.5 Å². The van der Waals surface area contributed by atoms with Crippen LogP contribution in [0, 0.1) is 0 Å². The van der Waals surface area contributed by atoms with Gasteiger partial charge in [0.25, 0.3) is 0 Å². The highest BCUT2D eigenvalue weighted by atomic mass is 32.1. The molecule has 1 aromatic heterocycles. The molecular weight excluding hydrogens is 492 g/mol. The van der Waals surface area contributed by atoms with E-state index in [1.807, 2.05) is 18.2 Å². The van der Waals surface area contributed by atoms with Crippen molar-refractivity contribution in [3.63, 3.8) is 0 Å². The molecule has 8 nitrogen and oxygen atoms in total. The average molecular weight is 523 g/mol. The summed E-state index contributed by atoms with van der Waals surface area (Å²) in [7, 11) is 2.82. The second-order valence-corrected chi connectivity index (χ2v) is 9.44. The first-order valence-electron chi connectivity index (χ1n) is 12.0. The van der Waals surface area contributed by atoms with Gasteiger partial charge in [0.1, 0.15) is 5.00 Å². The lowest BCUT2D eigenvalue weighted by molar-refractivity contribution is -0.142. The molecule has 9 heteroatoms. The standard InChI is InChI=1S/C28H30N2O6S/c1-4-35-28(32)25-21-13-14-30(16-19-9-6-5-7-10-19)17-23(21)37-27(25)29-15-20-11-8-12-22(33-2)26(20)36-18-24(31)34-3/h5-12,15H,4,13-14,16-18H2,1-3H3. The van der Waals surface area contributed by atoms with Gasteiger partial charge in [0.15, 0.2) is 18.1 Å². The summed E-state index contributed by atoms with van der Waals surface area (Å²) < 4.78 is 21.2. The Morgan fingerprint density at radius 3 is 2.65 bits per heavy atom. The highest BCUT2D eigenvalue weighted by Crippen LogP contribution is 2.40. The Hall–Kier alpha value is -3.69. The number of benzene rings is 2. The van der Waals surface area contributed by atoms with Crippen molar-refractivity contribution in [2.75, 3.05) is 34.0 Å². The van der Waals surface area contributed by atoms with Gasteiger partial charge in [0, 0.05) is 36.3 Å². The smallest absolute Gasteiger partial charge is 0.343 e. The molecule has 0 fully saturated rings. The molecule has 0 radical (unpaired) electrons. The molecular formula is C28H30N2O6S. The third-order valence-corrected chi connectivity index (χ3v) is 7.08. The Morgan fingerprint density at radius 2 is 1.92 bits per heavy atom. The first-order valence-corrected chi connectivity index (χ1v) is 12.8. The van der Waals surface area contributed by atoms with E-state index >= 15 is 0 Å². The molecule has 194 valence electrons. The quantitative estimate of drug-likeness (QED) is 0.279. The number of carbonyl (C=O) groups is 2. The lowest BCUT2D eigenvalue weighted by Gasteiger charge is -2.27. The third kappa shape index (κ3) is 6.36. The maximum Gasteiger partial charge on any atom is 0.343 e. The molecule has 0 N–H and O–H groups in total. The van der Waals surface area contributed by atoms with Crippen molar-refractivity contribution in [1.29, 1.82) is 0 Å². The SMILES string of the molecule is CCOC(=O)c1c(N=Cc2cccc(OC)c2OCC(=O)OC)sc2c1CCN(Cc1ccccc1)C2. The van der Waals surface area contributed by atoms with Crippen molar-refractivity contribution in [3.8, 4) is 11.5 Å². The van der Waals surface area contributed by atoms with Gasteiger partial charge in [0.05, 0.1) is 26.4 Å². The molecule has 2 aromatic carbocycles. The molecule has 1 aliphatic rings. The lowest BCUT2D eigenvalue weighted by atomic mass is 10.0. The molecule has 0 aliphatic carbocycles. The Balaban J connectivity index is 1.64. The van der Waals surface area contributed by atoms with Gasteiger partial charge in [-0.2, -0.15) is 0 Å². The Bertz CT molecular complexity index is 1270. The molecule has 2 heterocycles. The molecule has 0 saturated heterocycles. The highest BCUT2D eigenvalue weighted by Gasteiger charge is 2.28. The number of carbonyl (C=O) groups excluding carboxylic acids is 2. The molecule has 0 atom stereocenters. The van der Waals surface area contributed by atoms with Crippen LogP contribution >= 0.6 is 11.3 Å². The summed E-state index contributed by atoms with van der Waals surface area (Å²) >= 11 is 1.50. The number of ether oxygens (including phenoxy) is 4. The van der Waals surface area contributed by atoms with Crippen molar-refractivity contribution in [2.45, 2.75) is 26.4 Å². The number of aliphatic imine (C=N–C) groups is 1. The minimum atomic E-state index is -0.510. The number of hydrogen-bond acceptors (Lipinski definition) is 9. The zero-order chi connectivity index (χ0) is 26.2. The van der Waals surface area contributed by atoms with Crippen molar-refractivity contribution in [1.82, 2.24) is 4.90 Å². The Kier molecular flexibility index (Phi) is 8.92. The number of esters is 2. The molecule has 37 heavy (non-hydrogen) atoms. The van der Waals surface area contributed by atoms with Crippen molar-refractivity contribution < 1.29 is 28.5 Å². The van der Waals surface area contributed by atoms with Crippen molar-refractivity contribution in [3.05, 3.63) is 75.7 Å². The molecule has 0 bridgehead atoms. The Labute approximate surface area is 220 Å². The Morgan fingerprint density at radius 1 is 1.11 bits per heavy atom. The fourth-order valence-electron chi connectivity index (χ4n) is 4.19. The number of para-hydroxylation sites is 1. The number of fused-ring (bicyclic) bond motifs is 1. The van der Waals surface area contributed by atoms with Crippen LogP contribution in [-0.4, -0.2) is 57.0 Å². The zero-order valence-corrected chi connectivity index (χ0v) is 22.0. The van der Waals surface area contributed by atoms with Gasteiger partial charge in [-0.25, -0.2) is 14.6 Å². The number of hydrogen-bond donors (Lipinski definition) is 0. The monoisotopic (exact) mass is 522 g/mol. The number of rotatable bonds is 10. The summed E-state index contributed by atoms with van der Waals surface area (Å²) in [6.07, 6.45) is 2.37. The summed E-state index contributed by atoms with van der Waals surface area (Å²) in [6.45, 7) is 4.24. The van der Waals surface area contributed by atoms with E-state index in [2.05, 4.69) is 21.8 Å². The van der Waals surface area contributed by atoms with Gasteiger partial charge in [-0.15, -0.1) is 11.3 Å². The second-order valence-electron chi connectivity index (χ2n) is 8.35. The summed E-state index contributed by atoms with van der Waals surface area (Å²) in [5.74, 6) is -0.0477. The van der Waals surface area contributed by atoms with Gasteiger partial charge < -0.3 is 18.9 Å². The van der Waals surface area contributed by atoms with Gasteiger partial charge in [-0.3, -0.25) is 4.90 Å². The van der Waals surface area contributed by atoms with Gasteiger partial charge in [-0.05, 0) is 36.6 Å². The van der Waals surface area contributed by atoms with Gasteiger partial charge in [-0.1, -0.05) is 36.4 Å². The minimum absolute atomic E-state index is 0.268. The van der Waals surface area contributed by atoms with E-state index in [1.165, 1.54) is 31.1 Å². The van der Waals surface area contributed by atoms with E-state index in [4.69, 9.17) is 19.2 Å². The van der Waals surface area contributed by atoms with E-state index in [1.54, 1.807) is 31.3 Å². The predicted octanol–water partition coefficient (Wildman–Crippen LogP) is 4.79. The van der Waals surface area contributed by atoms with Gasteiger partial charge in [0.2, 0.25) is 0 Å². The fraction of sp³-hybridized carbons (Fsp3) is 0.321. The molecule has 0 amide bonds. The molecule has 3 aromatic rings. The van der Waals surface area contributed by atoms with E-state index < -0.39 is 5.97 Å². The molecule has 4 rings (SSSR count). The van der Waals surface area contributed by atoms with E-state index in [0.29, 0.717) is 27.6 Å². The first-order chi connectivity index (χ1) is 18.0. The second kappa shape index (κ2) is 12.5. The maximum atomic E-state index is 13.0. The minimum Gasteiger partial charge on any atom is -0.493 e. The molecule has 0 spiro atoms. The predicted molar refractivity (Wildman–Crippen MR) is 142 cm³/mol. The first kappa shape index (κ1) is 26.4. The molecule has 0 unspecified atom stereocenters. The third-order valence-electron chi connectivity index (χ3n) is 5.96. The van der Waals surface area contributed by atoms with Crippen LogP contribution in [0.2, 0.25) is 0 Å². The maximum absolute atomic E-state index is 13.0. The zero-order valence-electron chi connectivity index (χ0n) is 21.2. The van der Waals surface area contributed by atoms with Crippen LogP contribution in [0.3, 0.4) is 0 Å². The van der Waals surface area contributed by atoms with Crippen LogP contribution in [-0.2, 0) is 33.8 Å². The normalized spacial score (nSPS) is 13.3. The largest absolute Gasteiger partial charge is 0.493 e. The lowest BCUT2D eigenvalue weighted by Crippen LogP contribution is -2.29. The molecule has 1 aliphatic heterocycles. The number of thiophene rings is 1. The van der Waals surface area contributed by atoms with Crippen LogP contribution in [0.4, 0.5) is 5.00 Å². The summed E-state index contributed by atoms with van der Waals surface area (Å²) in [4.78, 5) is 32.8. The number of nitrogens with zero attached hydrogens (tertiary/aromatic N) is 2. The van der Waals surface area contributed by atoms with Crippen LogP contribution in [0.1, 0.15) is 38.8 Å². The van der Waals surface area contributed by atoms with Crippen molar-refractivity contribution >= 4 is 34.5 Å². The van der Waals surface area contributed by atoms with Crippen LogP contribution in [0.5, 0.6) is 11.5 Å². The van der Waals surface area contributed by atoms with Crippen LogP contribution < -0.4 is 9.47 Å². The van der Waals surface area contributed by atoms with E-state index in [-0.39, 0.29) is 19.2 Å². The van der Waals surface area contributed by atoms with E-state index in [9.17, 15) is 9.59 Å². The fourth-order valence-corrected chi connectivity index (χ4v) is 5.41. The van der Waals surface area contributed by atoms with Crippen molar-refractivity contribution in [2.24, 2.45) is 4.99 Å². The molecule has 0 saturated carbocycles. The highest BCUT2D eigenvalue weighted by molar-refractivity contribution is 7.16.